The van der Waals surface area contributed by atoms with Crippen molar-refractivity contribution in [2.24, 2.45) is 0 Å². The van der Waals surface area contributed by atoms with Crippen LogP contribution in [0, 0.1) is 6.92 Å². The van der Waals surface area contributed by atoms with Gasteiger partial charge in [0, 0.05) is 18.8 Å². The lowest BCUT2D eigenvalue weighted by Gasteiger charge is -2.17. The van der Waals surface area contributed by atoms with E-state index in [1.807, 2.05) is 6.92 Å². The van der Waals surface area contributed by atoms with Gasteiger partial charge in [0.1, 0.15) is 0 Å². The Morgan fingerprint density at radius 2 is 2.00 bits per heavy atom. The fraction of sp³-hybridized carbons (Fsp3) is 0.727. The van der Waals surface area contributed by atoms with Crippen LogP contribution in [0.1, 0.15) is 45.3 Å². The maximum Gasteiger partial charge on any atom is 0.203 e. The highest BCUT2D eigenvalue weighted by Gasteiger charge is 2.11. The van der Waals surface area contributed by atoms with Crippen molar-refractivity contribution in [2.45, 2.75) is 46.6 Å². The normalized spacial score (nSPS) is 10.9. The first kappa shape index (κ1) is 11.1. The van der Waals surface area contributed by atoms with E-state index in [0.29, 0.717) is 6.04 Å². The Balaban J connectivity index is 2.92. The standard InChI is InChI=1S/C11H21N3/c1-5-10(6-2)14-8-9(4)13-11(14)12-7-3/h8,10H,5-7H2,1-4H3,(H,12,13). The minimum atomic E-state index is 0.574. The van der Waals surface area contributed by atoms with Crippen molar-refractivity contribution < 1.29 is 0 Å². The van der Waals surface area contributed by atoms with E-state index in [2.05, 4.69) is 41.8 Å². The van der Waals surface area contributed by atoms with Gasteiger partial charge in [-0.05, 0) is 26.7 Å². The topological polar surface area (TPSA) is 29.9 Å². The number of aryl methyl sites for hydroxylation is 1. The van der Waals surface area contributed by atoms with E-state index < -0.39 is 0 Å². The zero-order chi connectivity index (χ0) is 10.6. The van der Waals surface area contributed by atoms with Crippen molar-refractivity contribution >= 4 is 5.95 Å². The SMILES string of the molecule is CCNc1nc(C)cn1C(CC)CC. The monoisotopic (exact) mass is 195 g/mol. The summed E-state index contributed by atoms with van der Waals surface area (Å²) in [6, 6.07) is 0.574. The molecule has 0 bridgehead atoms. The molecular weight excluding hydrogens is 174 g/mol. The minimum absolute atomic E-state index is 0.574. The molecule has 1 aromatic rings. The maximum atomic E-state index is 4.47. The zero-order valence-electron chi connectivity index (χ0n) is 9.67. The van der Waals surface area contributed by atoms with Crippen molar-refractivity contribution in [1.82, 2.24) is 9.55 Å². The molecule has 1 N–H and O–H groups in total. The molecule has 1 rings (SSSR count). The summed E-state index contributed by atoms with van der Waals surface area (Å²) in [5.74, 6) is 1.01. The molecule has 0 spiro atoms. The van der Waals surface area contributed by atoms with Crippen LogP contribution in [-0.2, 0) is 0 Å². The van der Waals surface area contributed by atoms with Crippen LogP contribution in [0.3, 0.4) is 0 Å². The highest BCUT2D eigenvalue weighted by atomic mass is 15.2. The van der Waals surface area contributed by atoms with Gasteiger partial charge < -0.3 is 9.88 Å². The van der Waals surface area contributed by atoms with Crippen molar-refractivity contribution in [3.63, 3.8) is 0 Å². The molecule has 0 aliphatic rings. The van der Waals surface area contributed by atoms with E-state index in [4.69, 9.17) is 0 Å². The lowest BCUT2D eigenvalue weighted by atomic mass is 10.2. The van der Waals surface area contributed by atoms with Crippen LogP contribution in [0.5, 0.6) is 0 Å². The number of nitrogens with zero attached hydrogens (tertiary/aromatic N) is 2. The summed E-state index contributed by atoms with van der Waals surface area (Å²) in [5, 5.41) is 3.30. The van der Waals surface area contributed by atoms with E-state index in [1.54, 1.807) is 0 Å². The third-order valence-corrected chi connectivity index (χ3v) is 2.52. The van der Waals surface area contributed by atoms with Crippen LogP contribution in [0.15, 0.2) is 6.20 Å². The van der Waals surface area contributed by atoms with Crippen LogP contribution < -0.4 is 5.32 Å². The molecule has 3 nitrogen and oxygen atoms in total. The Morgan fingerprint density at radius 1 is 1.36 bits per heavy atom. The molecule has 0 atom stereocenters. The van der Waals surface area contributed by atoms with Crippen LogP contribution in [-0.4, -0.2) is 16.1 Å². The molecule has 3 heteroatoms. The van der Waals surface area contributed by atoms with Crippen LogP contribution in [0.25, 0.3) is 0 Å². The Bertz CT molecular complexity index is 274. The first-order chi connectivity index (χ1) is 6.72. The summed E-state index contributed by atoms with van der Waals surface area (Å²) in [4.78, 5) is 4.47. The highest BCUT2D eigenvalue weighted by Crippen LogP contribution is 2.21. The average molecular weight is 195 g/mol. The molecule has 0 unspecified atom stereocenters. The lowest BCUT2D eigenvalue weighted by molar-refractivity contribution is 0.475. The third-order valence-electron chi connectivity index (χ3n) is 2.52. The van der Waals surface area contributed by atoms with Crippen LogP contribution >= 0.6 is 0 Å². The van der Waals surface area contributed by atoms with Gasteiger partial charge in [0.2, 0.25) is 5.95 Å². The highest BCUT2D eigenvalue weighted by molar-refractivity contribution is 5.29. The largest absolute Gasteiger partial charge is 0.356 e. The van der Waals surface area contributed by atoms with Gasteiger partial charge >= 0.3 is 0 Å². The summed E-state index contributed by atoms with van der Waals surface area (Å²) in [6.45, 7) is 9.51. The predicted molar refractivity (Wildman–Crippen MR) is 60.7 cm³/mol. The average Bonchev–Trinajstić information content (AvgIpc) is 2.50. The van der Waals surface area contributed by atoms with Gasteiger partial charge in [-0.25, -0.2) is 4.98 Å². The fourth-order valence-electron chi connectivity index (χ4n) is 1.77. The first-order valence-corrected chi connectivity index (χ1v) is 5.52. The Labute approximate surface area is 86.5 Å². The van der Waals surface area contributed by atoms with Crippen molar-refractivity contribution in [1.29, 1.82) is 0 Å². The second kappa shape index (κ2) is 5.03. The minimum Gasteiger partial charge on any atom is -0.356 e. The number of aromatic nitrogens is 2. The van der Waals surface area contributed by atoms with E-state index in [-0.39, 0.29) is 0 Å². The van der Waals surface area contributed by atoms with Crippen LogP contribution in [0.2, 0.25) is 0 Å². The van der Waals surface area contributed by atoms with Gasteiger partial charge in [0.05, 0.1) is 5.69 Å². The molecule has 14 heavy (non-hydrogen) atoms. The molecule has 0 amide bonds. The number of anilines is 1. The number of hydrogen-bond donors (Lipinski definition) is 1. The van der Waals surface area contributed by atoms with E-state index in [0.717, 1.165) is 31.0 Å². The summed E-state index contributed by atoms with van der Waals surface area (Å²) in [7, 11) is 0. The van der Waals surface area contributed by atoms with Gasteiger partial charge in [-0.1, -0.05) is 13.8 Å². The molecule has 0 radical (unpaired) electrons. The van der Waals surface area contributed by atoms with E-state index in [1.165, 1.54) is 0 Å². The van der Waals surface area contributed by atoms with E-state index >= 15 is 0 Å². The zero-order valence-corrected chi connectivity index (χ0v) is 9.67. The number of nitrogens with one attached hydrogen (secondary N) is 1. The van der Waals surface area contributed by atoms with Crippen LogP contribution in [0.4, 0.5) is 5.95 Å². The summed E-state index contributed by atoms with van der Waals surface area (Å²) in [5.41, 5.74) is 1.09. The van der Waals surface area contributed by atoms with Gasteiger partial charge in [-0.2, -0.15) is 0 Å². The molecule has 1 aromatic heterocycles. The number of rotatable bonds is 5. The summed E-state index contributed by atoms with van der Waals surface area (Å²) < 4.78 is 2.26. The molecule has 1 heterocycles. The molecule has 0 fully saturated rings. The molecular formula is C11H21N3. The second-order valence-electron chi connectivity index (χ2n) is 3.61. The quantitative estimate of drug-likeness (QED) is 0.782. The molecule has 0 aromatic carbocycles. The Kier molecular flexibility index (Phi) is 3.98. The second-order valence-corrected chi connectivity index (χ2v) is 3.61. The Morgan fingerprint density at radius 3 is 2.50 bits per heavy atom. The predicted octanol–water partition coefficient (Wildman–Crippen LogP) is 2.98. The number of imidazole rings is 1. The molecule has 0 saturated heterocycles. The fourth-order valence-corrected chi connectivity index (χ4v) is 1.77. The van der Waals surface area contributed by atoms with Gasteiger partial charge in [-0.15, -0.1) is 0 Å². The van der Waals surface area contributed by atoms with E-state index in [9.17, 15) is 0 Å². The maximum absolute atomic E-state index is 4.47. The summed E-state index contributed by atoms with van der Waals surface area (Å²) in [6.07, 6.45) is 4.45. The molecule has 0 saturated carbocycles. The van der Waals surface area contributed by atoms with Crippen molar-refractivity contribution in [3.8, 4) is 0 Å². The summed E-state index contributed by atoms with van der Waals surface area (Å²) >= 11 is 0. The molecule has 80 valence electrons. The molecule has 0 aliphatic heterocycles. The first-order valence-electron chi connectivity index (χ1n) is 5.52. The van der Waals surface area contributed by atoms with Crippen molar-refractivity contribution in [2.75, 3.05) is 11.9 Å². The number of hydrogen-bond acceptors (Lipinski definition) is 2. The van der Waals surface area contributed by atoms with Gasteiger partial charge in [0.25, 0.3) is 0 Å². The molecule has 0 aliphatic carbocycles. The smallest absolute Gasteiger partial charge is 0.203 e. The van der Waals surface area contributed by atoms with Crippen molar-refractivity contribution in [3.05, 3.63) is 11.9 Å². The van der Waals surface area contributed by atoms with Gasteiger partial charge in [0.15, 0.2) is 0 Å². The third kappa shape index (κ3) is 2.28. The Hall–Kier alpha value is -0.990. The van der Waals surface area contributed by atoms with Gasteiger partial charge in [-0.3, -0.25) is 0 Å². The lowest BCUT2D eigenvalue weighted by Crippen LogP contribution is -2.11.